The van der Waals surface area contributed by atoms with Crippen molar-refractivity contribution in [1.82, 2.24) is 4.90 Å². The van der Waals surface area contributed by atoms with Crippen LogP contribution in [-0.4, -0.2) is 30.1 Å². The summed E-state index contributed by atoms with van der Waals surface area (Å²) in [6.07, 6.45) is 5.18. The third-order valence-corrected chi connectivity index (χ3v) is 4.20. The van der Waals surface area contributed by atoms with Crippen LogP contribution >= 0.6 is 0 Å². The maximum Gasteiger partial charge on any atom is 0.0252 e. The molecule has 0 aliphatic carbocycles. The zero-order chi connectivity index (χ0) is 12.2. The number of nitrogens with zero attached hydrogens (tertiary/aromatic N) is 1. The molecule has 1 aliphatic heterocycles. The van der Waals surface area contributed by atoms with Gasteiger partial charge in [-0.2, -0.15) is 0 Å². The number of likely N-dealkylation sites (tertiary alicyclic amines) is 1. The van der Waals surface area contributed by atoms with Crippen LogP contribution in [0.5, 0.6) is 0 Å². The average Bonchev–Trinajstić information content (AvgIpc) is 2.43. The van der Waals surface area contributed by atoms with Gasteiger partial charge in [0.25, 0.3) is 0 Å². The first-order valence-electron chi connectivity index (χ1n) is 6.96. The Balaban J connectivity index is 2.41. The SMILES string of the molecule is CCC(C)(N)CN1CCCC(C(C)C)CC1. The molecule has 0 spiro atoms. The Morgan fingerprint density at radius 2 is 2.00 bits per heavy atom. The summed E-state index contributed by atoms with van der Waals surface area (Å²) in [5.41, 5.74) is 6.25. The summed E-state index contributed by atoms with van der Waals surface area (Å²) in [5.74, 6) is 1.77. The minimum Gasteiger partial charge on any atom is -0.324 e. The third kappa shape index (κ3) is 4.42. The quantitative estimate of drug-likeness (QED) is 0.798. The largest absolute Gasteiger partial charge is 0.324 e. The molecule has 1 saturated heterocycles. The Bertz CT molecular complexity index is 199. The summed E-state index contributed by atoms with van der Waals surface area (Å²) in [4.78, 5) is 2.58. The first-order valence-corrected chi connectivity index (χ1v) is 6.96. The number of hydrogen-bond acceptors (Lipinski definition) is 2. The molecule has 0 amide bonds. The Morgan fingerprint density at radius 1 is 1.31 bits per heavy atom. The molecule has 2 heteroatoms. The van der Waals surface area contributed by atoms with Crippen LogP contribution in [0.1, 0.15) is 53.4 Å². The highest BCUT2D eigenvalue weighted by molar-refractivity contribution is 4.83. The third-order valence-electron chi connectivity index (χ3n) is 4.20. The number of rotatable bonds is 4. The van der Waals surface area contributed by atoms with Crippen molar-refractivity contribution < 1.29 is 0 Å². The molecule has 0 aromatic heterocycles. The molecule has 1 rings (SSSR count). The lowest BCUT2D eigenvalue weighted by atomic mass is 9.89. The Morgan fingerprint density at radius 3 is 2.56 bits per heavy atom. The van der Waals surface area contributed by atoms with Gasteiger partial charge in [-0.1, -0.05) is 20.8 Å². The molecule has 0 saturated carbocycles. The normalized spacial score (nSPS) is 27.8. The van der Waals surface area contributed by atoms with Gasteiger partial charge in [-0.3, -0.25) is 0 Å². The lowest BCUT2D eigenvalue weighted by molar-refractivity contribution is 0.215. The molecule has 0 aromatic carbocycles. The summed E-state index contributed by atoms with van der Waals surface area (Å²) in [6.45, 7) is 12.6. The highest BCUT2D eigenvalue weighted by Gasteiger charge is 2.24. The maximum atomic E-state index is 6.25. The van der Waals surface area contributed by atoms with E-state index < -0.39 is 0 Å². The van der Waals surface area contributed by atoms with E-state index in [2.05, 4.69) is 32.6 Å². The molecule has 0 radical (unpaired) electrons. The molecule has 1 fully saturated rings. The van der Waals surface area contributed by atoms with E-state index in [0.717, 1.165) is 24.8 Å². The van der Waals surface area contributed by atoms with Crippen molar-refractivity contribution in [3.05, 3.63) is 0 Å². The fourth-order valence-electron chi connectivity index (χ4n) is 2.63. The van der Waals surface area contributed by atoms with Crippen LogP contribution in [0.2, 0.25) is 0 Å². The van der Waals surface area contributed by atoms with E-state index in [9.17, 15) is 0 Å². The van der Waals surface area contributed by atoms with Crippen molar-refractivity contribution in [1.29, 1.82) is 0 Å². The van der Waals surface area contributed by atoms with E-state index in [0.29, 0.717) is 0 Å². The van der Waals surface area contributed by atoms with Crippen LogP contribution in [0.4, 0.5) is 0 Å². The highest BCUT2D eigenvalue weighted by Crippen LogP contribution is 2.25. The minimum atomic E-state index is -0.00231. The summed E-state index contributed by atoms with van der Waals surface area (Å²) in [5, 5.41) is 0. The molecule has 2 nitrogen and oxygen atoms in total. The van der Waals surface area contributed by atoms with E-state index in [-0.39, 0.29) is 5.54 Å². The van der Waals surface area contributed by atoms with Crippen molar-refractivity contribution in [2.24, 2.45) is 17.6 Å². The van der Waals surface area contributed by atoms with Gasteiger partial charge in [0.1, 0.15) is 0 Å². The smallest absolute Gasteiger partial charge is 0.0252 e. The summed E-state index contributed by atoms with van der Waals surface area (Å²) in [6, 6.07) is 0. The second-order valence-electron chi connectivity index (χ2n) is 6.22. The van der Waals surface area contributed by atoms with Crippen molar-refractivity contribution in [2.75, 3.05) is 19.6 Å². The summed E-state index contributed by atoms with van der Waals surface area (Å²) >= 11 is 0. The number of hydrogen-bond donors (Lipinski definition) is 1. The van der Waals surface area contributed by atoms with Crippen LogP contribution < -0.4 is 5.73 Å². The van der Waals surface area contributed by atoms with Gasteiger partial charge >= 0.3 is 0 Å². The topological polar surface area (TPSA) is 29.3 Å². The predicted molar refractivity (Wildman–Crippen MR) is 71.5 cm³/mol. The fraction of sp³-hybridized carbons (Fsp3) is 1.00. The van der Waals surface area contributed by atoms with E-state index >= 15 is 0 Å². The van der Waals surface area contributed by atoms with Gasteiger partial charge in [-0.25, -0.2) is 0 Å². The van der Waals surface area contributed by atoms with Gasteiger partial charge in [0.15, 0.2) is 0 Å². The molecule has 96 valence electrons. The molecular weight excluding hydrogens is 196 g/mol. The molecule has 1 heterocycles. The van der Waals surface area contributed by atoms with Gasteiger partial charge in [-0.05, 0) is 57.5 Å². The van der Waals surface area contributed by atoms with Crippen LogP contribution in [0, 0.1) is 11.8 Å². The highest BCUT2D eigenvalue weighted by atomic mass is 15.1. The zero-order valence-electron chi connectivity index (χ0n) is 11.6. The summed E-state index contributed by atoms with van der Waals surface area (Å²) < 4.78 is 0. The first-order chi connectivity index (χ1) is 7.44. The van der Waals surface area contributed by atoms with Gasteiger partial charge in [0.05, 0.1) is 0 Å². The second kappa shape index (κ2) is 6.02. The van der Waals surface area contributed by atoms with Gasteiger partial charge in [0.2, 0.25) is 0 Å². The van der Waals surface area contributed by atoms with Crippen molar-refractivity contribution in [3.63, 3.8) is 0 Å². The van der Waals surface area contributed by atoms with Crippen molar-refractivity contribution in [3.8, 4) is 0 Å². The molecular formula is C14H30N2. The van der Waals surface area contributed by atoms with Crippen LogP contribution in [0.15, 0.2) is 0 Å². The number of nitrogens with two attached hydrogens (primary N) is 1. The Labute approximate surface area is 102 Å². The molecule has 2 N–H and O–H groups in total. The fourth-order valence-corrected chi connectivity index (χ4v) is 2.63. The zero-order valence-corrected chi connectivity index (χ0v) is 11.6. The van der Waals surface area contributed by atoms with E-state index in [1.807, 2.05) is 0 Å². The average molecular weight is 226 g/mol. The lowest BCUT2D eigenvalue weighted by Gasteiger charge is -2.31. The second-order valence-corrected chi connectivity index (χ2v) is 6.22. The van der Waals surface area contributed by atoms with E-state index in [1.54, 1.807) is 0 Å². The predicted octanol–water partition coefficient (Wildman–Crippen LogP) is 2.87. The van der Waals surface area contributed by atoms with Crippen LogP contribution in [0.25, 0.3) is 0 Å². The van der Waals surface area contributed by atoms with Gasteiger partial charge < -0.3 is 10.6 Å². The summed E-state index contributed by atoms with van der Waals surface area (Å²) in [7, 11) is 0. The molecule has 2 unspecified atom stereocenters. The van der Waals surface area contributed by atoms with Gasteiger partial charge in [-0.15, -0.1) is 0 Å². The standard InChI is InChI=1S/C14H30N2/c1-5-14(4,15)11-16-9-6-7-13(8-10-16)12(2)3/h12-13H,5-11,15H2,1-4H3. The van der Waals surface area contributed by atoms with E-state index in [1.165, 1.54) is 32.4 Å². The Hall–Kier alpha value is -0.0800. The molecule has 0 aromatic rings. The minimum absolute atomic E-state index is 0.00231. The lowest BCUT2D eigenvalue weighted by Crippen LogP contribution is -2.47. The molecule has 16 heavy (non-hydrogen) atoms. The van der Waals surface area contributed by atoms with E-state index in [4.69, 9.17) is 5.73 Å². The maximum absolute atomic E-state index is 6.25. The van der Waals surface area contributed by atoms with Gasteiger partial charge in [0, 0.05) is 12.1 Å². The van der Waals surface area contributed by atoms with Crippen LogP contribution in [-0.2, 0) is 0 Å². The first kappa shape index (κ1) is 14.0. The van der Waals surface area contributed by atoms with Crippen LogP contribution in [0.3, 0.4) is 0 Å². The molecule has 0 bridgehead atoms. The molecule has 2 atom stereocenters. The Kier molecular flexibility index (Phi) is 5.26. The molecule has 1 aliphatic rings. The van der Waals surface area contributed by atoms with Crippen molar-refractivity contribution >= 4 is 0 Å². The monoisotopic (exact) mass is 226 g/mol. The van der Waals surface area contributed by atoms with Crippen molar-refractivity contribution in [2.45, 2.75) is 58.9 Å².